The zero-order valence-electron chi connectivity index (χ0n) is 11.4. The molecule has 0 fully saturated rings. The van der Waals surface area contributed by atoms with Crippen LogP contribution in [0.3, 0.4) is 0 Å². The molecule has 0 aromatic carbocycles. The average molecular weight is 249 g/mol. The fourth-order valence-corrected chi connectivity index (χ4v) is 1.40. The van der Waals surface area contributed by atoms with E-state index in [9.17, 15) is 0 Å². The highest BCUT2D eigenvalue weighted by atomic mass is 16.5. The lowest BCUT2D eigenvalue weighted by Crippen LogP contribution is -2.19. The largest absolute Gasteiger partial charge is 0.477 e. The fraction of sp³-hybridized carbons (Fsp3) is 0.571. The van der Waals surface area contributed by atoms with Crippen molar-refractivity contribution in [3.05, 3.63) is 30.7 Å². The maximum Gasteiger partial charge on any atom is 0.232 e. The quantitative estimate of drug-likeness (QED) is 0.540. The van der Waals surface area contributed by atoms with Crippen molar-refractivity contribution in [3.8, 4) is 5.88 Å². The molecule has 0 amide bonds. The lowest BCUT2D eigenvalue weighted by atomic mass is 10.2. The summed E-state index contributed by atoms with van der Waals surface area (Å²) >= 11 is 0. The third-order valence-electron chi connectivity index (χ3n) is 2.34. The van der Waals surface area contributed by atoms with Crippen LogP contribution in [0.25, 0.3) is 0 Å². The summed E-state index contributed by atoms with van der Waals surface area (Å²) in [5, 5.41) is 3.33. The fourth-order valence-electron chi connectivity index (χ4n) is 1.40. The zero-order valence-corrected chi connectivity index (χ0v) is 11.4. The number of unbranched alkanes of at least 4 members (excludes halogenated alkanes) is 1. The predicted molar refractivity (Wildman–Crippen MR) is 73.5 cm³/mol. The normalized spacial score (nSPS) is 10.6. The van der Waals surface area contributed by atoms with Crippen molar-refractivity contribution in [2.24, 2.45) is 5.92 Å². The minimum atomic E-state index is 0.590. The third-order valence-corrected chi connectivity index (χ3v) is 2.34. The van der Waals surface area contributed by atoms with Crippen molar-refractivity contribution in [2.45, 2.75) is 33.2 Å². The Balaban J connectivity index is 2.26. The van der Waals surface area contributed by atoms with Crippen molar-refractivity contribution >= 4 is 0 Å². The van der Waals surface area contributed by atoms with Gasteiger partial charge in [-0.3, -0.25) is 4.98 Å². The van der Waals surface area contributed by atoms with Crippen molar-refractivity contribution in [1.82, 2.24) is 15.3 Å². The van der Waals surface area contributed by atoms with Crippen LogP contribution in [-0.4, -0.2) is 23.1 Å². The maximum absolute atomic E-state index is 5.46. The number of allylic oxidation sites excluding steroid dienone is 1. The Labute approximate surface area is 109 Å². The molecule has 1 aromatic rings. The molecule has 0 spiro atoms. The Morgan fingerprint density at radius 3 is 2.83 bits per heavy atom. The first-order chi connectivity index (χ1) is 8.72. The van der Waals surface area contributed by atoms with Gasteiger partial charge in [-0.2, -0.15) is 0 Å². The first-order valence-corrected chi connectivity index (χ1v) is 6.47. The minimum Gasteiger partial charge on any atom is -0.477 e. The summed E-state index contributed by atoms with van der Waals surface area (Å²) < 4.78 is 5.46. The first kappa shape index (κ1) is 14.6. The summed E-state index contributed by atoms with van der Waals surface area (Å²) in [6, 6.07) is 0. The monoisotopic (exact) mass is 249 g/mol. The Morgan fingerprint density at radius 1 is 1.39 bits per heavy atom. The first-order valence-electron chi connectivity index (χ1n) is 6.47. The molecule has 0 aliphatic rings. The van der Waals surface area contributed by atoms with Gasteiger partial charge in [0.2, 0.25) is 5.88 Å². The van der Waals surface area contributed by atoms with Crippen LogP contribution in [0.4, 0.5) is 0 Å². The van der Waals surface area contributed by atoms with E-state index in [4.69, 9.17) is 4.74 Å². The highest BCUT2D eigenvalue weighted by Crippen LogP contribution is 2.05. The second kappa shape index (κ2) is 8.64. The van der Waals surface area contributed by atoms with E-state index in [2.05, 4.69) is 35.7 Å². The van der Waals surface area contributed by atoms with Gasteiger partial charge in [0.05, 0.1) is 24.7 Å². The molecular formula is C14H23N3O. The van der Waals surface area contributed by atoms with E-state index >= 15 is 0 Å². The van der Waals surface area contributed by atoms with Crippen LogP contribution in [0, 0.1) is 5.92 Å². The molecule has 1 rings (SSSR count). The van der Waals surface area contributed by atoms with Gasteiger partial charge in [-0.1, -0.05) is 19.9 Å². The molecule has 100 valence electrons. The van der Waals surface area contributed by atoms with E-state index in [1.165, 1.54) is 0 Å². The topological polar surface area (TPSA) is 47.0 Å². The van der Waals surface area contributed by atoms with E-state index < -0.39 is 0 Å². The van der Waals surface area contributed by atoms with Gasteiger partial charge in [-0.05, 0) is 25.3 Å². The molecule has 0 radical (unpaired) electrons. The van der Waals surface area contributed by atoms with Gasteiger partial charge < -0.3 is 10.1 Å². The third kappa shape index (κ3) is 6.35. The van der Waals surface area contributed by atoms with E-state index in [1.54, 1.807) is 12.4 Å². The number of hydrogen-bond donors (Lipinski definition) is 1. The van der Waals surface area contributed by atoms with E-state index in [0.29, 0.717) is 18.4 Å². The molecule has 0 aliphatic carbocycles. The Hall–Kier alpha value is -1.42. The smallest absolute Gasteiger partial charge is 0.232 e. The van der Waals surface area contributed by atoms with Crippen molar-refractivity contribution in [3.63, 3.8) is 0 Å². The summed E-state index contributed by atoms with van der Waals surface area (Å²) in [4.78, 5) is 8.53. The number of ether oxygens (including phenoxy) is 1. The second-order valence-corrected chi connectivity index (χ2v) is 4.65. The van der Waals surface area contributed by atoms with Gasteiger partial charge in [-0.25, -0.2) is 4.98 Å². The molecule has 0 unspecified atom stereocenters. The molecule has 0 saturated carbocycles. The van der Waals surface area contributed by atoms with E-state index in [1.807, 2.05) is 6.08 Å². The Morgan fingerprint density at radius 2 is 2.22 bits per heavy atom. The average Bonchev–Trinajstić information content (AvgIpc) is 2.36. The number of hydrogen-bond acceptors (Lipinski definition) is 4. The summed E-state index contributed by atoms with van der Waals surface area (Å²) in [6.45, 7) is 10.4. The highest BCUT2D eigenvalue weighted by Gasteiger charge is 1.99. The molecule has 1 N–H and O–H groups in total. The SMILES string of the molecule is C=CCCCOc1cnc(CNCC(C)C)cn1. The highest BCUT2D eigenvalue weighted by molar-refractivity contribution is 5.07. The summed E-state index contributed by atoms with van der Waals surface area (Å²) in [6.07, 6.45) is 7.25. The Kier molecular flexibility index (Phi) is 7.03. The number of aromatic nitrogens is 2. The predicted octanol–water partition coefficient (Wildman–Crippen LogP) is 2.57. The van der Waals surface area contributed by atoms with E-state index in [-0.39, 0.29) is 0 Å². The lowest BCUT2D eigenvalue weighted by Gasteiger charge is -2.07. The summed E-state index contributed by atoms with van der Waals surface area (Å²) in [7, 11) is 0. The molecule has 0 bridgehead atoms. The molecule has 1 heterocycles. The van der Waals surface area contributed by atoms with Crippen LogP contribution in [0.15, 0.2) is 25.0 Å². The standard InChI is InChI=1S/C14H23N3O/c1-4-5-6-7-18-14-11-16-13(10-17-14)9-15-8-12(2)3/h4,10-12,15H,1,5-9H2,2-3H3. The van der Waals surface area contributed by atoms with Crippen molar-refractivity contribution in [1.29, 1.82) is 0 Å². The summed E-state index contributed by atoms with van der Waals surface area (Å²) in [5.74, 6) is 1.23. The van der Waals surface area contributed by atoms with Crippen molar-refractivity contribution in [2.75, 3.05) is 13.2 Å². The molecule has 0 aliphatic heterocycles. The zero-order chi connectivity index (χ0) is 13.2. The number of nitrogens with zero attached hydrogens (tertiary/aromatic N) is 2. The van der Waals surface area contributed by atoms with Crippen LogP contribution in [-0.2, 0) is 6.54 Å². The van der Waals surface area contributed by atoms with E-state index in [0.717, 1.165) is 31.6 Å². The molecule has 4 nitrogen and oxygen atoms in total. The van der Waals surface area contributed by atoms with Gasteiger partial charge in [-0.15, -0.1) is 6.58 Å². The molecule has 4 heteroatoms. The second-order valence-electron chi connectivity index (χ2n) is 4.65. The molecule has 1 aromatic heterocycles. The van der Waals surface area contributed by atoms with Crippen LogP contribution < -0.4 is 10.1 Å². The minimum absolute atomic E-state index is 0.590. The number of rotatable bonds is 9. The maximum atomic E-state index is 5.46. The van der Waals surface area contributed by atoms with Gasteiger partial charge in [0.1, 0.15) is 0 Å². The van der Waals surface area contributed by atoms with Crippen LogP contribution in [0.5, 0.6) is 5.88 Å². The van der Waals surface area contributed by atoms with Crippen molar-refractivity contribution < 1.29 is 4.74 Å². The Bertz CT molecular complexity index is 335. The molecular weight excluding hydrogens is 226 g/mol. The number of nitrogens with one attached hydrogen (secondary N) is 1. The molecule has 18 heavy (non-hydrogen) atoms. The van der Waals surface area contributed by atoms with Gasteiger partial charge in [0, 0.05) is 6.54 Å². The molecule has 0 saturated heterocycles. The van der Waals surface area contributed by atoms with Gasteiger partial charge in [0.15, 0.2) is 0 Å². The summed E-state index contributed by atoms with van der Waals surface area (Å²) in [5.41, 5.74) is 0.939. The van der Waals surface area contributed by atoms with Crippen LogP contribution >= 0.6 is 0 Å². The molecule has 0 atom stereocenters. The van der Waals surface area contributed by atoms with Gasteiger partial charge in [0.25, 0.3) is 0 Å². The van der Waals surface area contributed by atoms with Crippen LogP contribution in [0.2, 0.25) is 0 Å². The van der Waals surface area contributed by atoms with Gasteiger partial charge >= 0.3 is 0 Å². The lowest BCUT2D eigenvalue weighted by molar-refractivity contribution is 0.298. The van der Waals surface area contributed by atoms with Crippen LogP contribution in [0.1, 0.15) is 32.4 Å².